The van der Waals surface area contributed by atoms with Crippen molar-refractivity contribution < 1.29 is 13.2 Å². The Morgan fingerprint density at radius 1 is 1.00 bits per heavy atom. The molecule has 1 amide bonds. The van der Waals surface area contributed by atoms with E-state index in [-0.39, 0.29) is 11.7 Å². The average Bonchev–Trinajstić information content (AvgIpc) is 2.82. The van der Waals surface area contributed by atoms with Crippen molar-refractivity contribution in [3.8, 4) is 11.3 Å². The maximum atomic E-state index is 12.6. The van der Waals surface area contributed by atoms with Crippen LogP contribution in [0.5, 0.6) is 0 Å². The van der Waals surface area contributed by atoms with Gasteiger partial charge < -0.3 is 10.6 Å². The highest BCUT2D eigenvalue weighted by atomic mass is 32.2. The van der Waals surface area contributed by atoms with E-state index in [9.17, 15) is 13.2 Å². The molecule has 0 aliphatic rings. The molecule has 0 aliphatic carbocycles. The Bertz CT molecular complexity index is 1350. The molecule has 2 aromatic carbocycles. The molecule has 0 aliphatic heterocycles. The van der Waals surface area contributed by atoms with Crippen LogP contribution in [0.4, 0.5) is 17.3 Å². The second-order valence-corrected chi connectivity index (χ2v) is 8.29. The molecule has 9 heteroatoms. The lowest BCUT2D eigenvalue weighted by atomic mass is 10.1. The van der Waals surface area contributed by atoms with E-state index in [2.05, 4.69) is 25.6 Å². The minimum atomic E-state index is -2.51. The Balaban J connectivity index is 1.50. The molecule has 0 bridgehead atoms. The van der Waals surface area contributed by atoms with Gasteiger partial charge in [-0.2, -0.15) is 0 Å². The SMILES string of the molecule is Cc1ccc(NC(=O)c2ccc(C[SH](=O)=O)cc2)cc1Nc1nccc(-c2cccnc2)n1. The number of nitrogens with zero attached hydrogens (tertiary/aromatic N) is 3. The number of pyridine rings is 1. The predicted octanol–water partition coefficient (Wildman–Crippen LogP) is 3.95. The van der Waals surface area contributed by atoms with Gasteiger partial charge in [-0.05, 0) is 60.5 Å². The van der Waals surface area contributed by atoms with Gasteiger partial charge in [-0.3, -0.25) is 9.78 Å². The molecule has 4 aromatic rings. The summed E-state index contributed by atoms with van der Waals surface area (Å²) in [5, 5.41) is 6.07. The number of thiol groups is 1. The van der Waals surface area contributed by atoms with Crippen LogP contribution in [0.3, 0.4) is 0 Å². The van der Waals surface area contributed by atoms with Gasteiger partial charge in [0.15, 0.2) is 0 Å². The van der Waals surface area contributed by atoms with Crippen molar-refractivity contribution in [2.24, 2.45) is 0 Å². The van der Waals surface area contributed by atoms with Crippen LogP contribution in [-0.4, -0.2) is 29.3 Å². The van der Waals surface area contributed by atoms with Crippen LogP contribution in [0.2, 0.25) is 0 Å². The topological polar surface area (TPSA) is 114 Å². The maximum absolute atomic E-state index is 12.6. The van der Waals surface area contributed by atoms with E-state index in [1.54, 1.807) is 42.9 Å². The lowest BCUT2D eigenvalue weighted by Crippen LogP contribution is -2.12. The summed E-state index contributed by atoms with van der Waals surface area (Å²) < 4.78 is 21.7. The van der Waals surface area contributed by atoms with Crippen LogP contribution < -0.4 is 10.6 Å². The number of amides is 1. The van der Waals surface area contributed by atoms with Gasteiger partial charge in [-0.1, -0.05) is 18.2 Å². The Hall–Kier alpha value is -4.11. The fourth-order valence-electron chi connectivity index (χ4n) is 3.16. The van der Waals surface area contributed by atoms with Gasteiger partial charge in [-0.15, -0.1) is 0 Å². The Kier molecular flexibility index (Phi) is 6.70. The normalized spacial score (nSPS) is 10.7. The van der Waals surface area contributed by atoms with E-state index in [4.69, 9.17) is 0 Å². The number of carbonyl (C=O) groups excluding carboxylic acids is 1. The molecule has 33 heavy (non-hydrogen) atoms. The number of carbonyl (C=O) groups is 1. The summed E-state index contributed by atoms with van der Waals surface area (Å²) in [5.74, 6) is 0.0850. The van der Waals surface area contributed by atoms with E-state index in [1.165, 1.54) is 0 Å². The first-order chi connectivity index (χ1) is 16.0. The molecule has 4 rings (SSSR count). The molecule has 2 heterocycles. The van der Waals surface area contributed by atoms with Crippen molar-refractivity contribution >= 4 is 33.9 Å². The van der Waals surface area contributed by atoms with Gasteiger partial charge in [0.1, 0.15) is 10.7 Å². The van der Waals surface area contributed by atoms with Crippen molar-refractivity contribution in [2.75, 3.05) is 10.6 Å². The molecule has 0 fully saturated rings. The molecule has 0 atom stereocenters. The summed E-state index contributed by atoms with van der Waals surface area (Å²) in [6, 6.07) is 17.6. The third-order valence-electron chi connectivity index (χ3n) is 4.88. The first-order valence-electron chi connectivity index (χ1n) is 10.1. The average molecular weight is 460 g/mol. The van der Waals surface area contributed by atoms with E-state index >= 15 is 0 Å². The van der Waals surface area contributed by atoms with Crippen molar-refractivity contribution in [1.82, 2.24) is 15.0 Å². The lowest BCUT2D eigenvalue weighted by Gasteiger charge is -2.12. The Morgan fingerprint density at radius 3 is 2.55 bits per heavy atom. The lowest BCUT2D eigenvalue weighted by molar-refractivity contribution is 0.102. The third kappa shape index (κ3) is 5.78. The number of benzene rings is 2. The molecule has 166 valence electrons. The zero-order valence-corrected chi connectivity index (χ0v) is 18.6. The van der Waals surface area contributed by atoms with Gasteiger partial charge in [0, 0.05) is 41.1 Å². The third-order valence-corrected chi connectivity index (χ3v) is 5.51. The van der Waals surface area contributed by atoms with E-state index in [1.807, 2.05) is 43.3 Å². The highest BCUT2D eigenvalue weighted by Gasteiger charge is 2.09. The molecule has 2 N–H and O–H groups in total. The number of hydrogen-bond acceptors (Lipinski definition) is 7. The standard InChI is InChI=1S/C24H21N5O3S/c1-16-4-9-20(27-23(30)18-7-5-17(6-8-18)15-33(31)32)13-22(16)29-24-26-12-10-21(28-24)19-3-2-11-25-14-19/h2-14,33H,15H2,1H3,(H,27,30)(H,26,28,29). The minimum Gasteiger partial charge on any atom is -0.324 e. The number of hydrogen-bond donors (Lipinski definition) is 3. The second-order valence-electron chi connectivity index (χ2n) is 7.30. The quantitative estimate of drug-likeness (QED) is 0.359. The number of aromatic nitrogens is 3. The molecule has 0 unspecified atom stereocenters. The molecule has 0 saturated carbocycles. The van der Waals surface area contributed by atoms with Gasteiger partial charge >= 0.3 is 0 Å². The van der Waals surface area contributed by atoms with Gasteiger partial charge in [0.2, 0.25) is 5.95 Å². The van der Waals surface area contributed by atoms with Crippen molar-refractivity contribution in [3.63, 3.8) is 0 Å². The van der Waals surface area contributed by atoms with Gasteiger partial charge in [-0.25, -0.2) is 18.4 Å². The molecule has 8 nitrogen and oxygen atoms in total. The van der Waals surface area contributed by atoms with E-state index in [0.29, 0.717) is 22.8 Å². The number of aryl methyl sites for hydroxylation is 1. The fourth-order valence-corrected chi connectivity index (χ4v) is 3.67. The smallest absolute Gasteiger partial charge is 0.255 e. The largest absolute Gasteiger partial charge is 0.324 e. The van der Waals surface area contributed by atoms with E-state index < -0.39 is 10.7 Å². The van der Waals surface area contributed by atoms with E-state index in [0.717, 1.165) is 22.5 Å². The molecule has 0 spiro atoms. The Morgan fingerprint density at radius 2 is 1.82 bits per heavy atom. The summed E-state index contributed by atoms with van der Waals surface area (Å²) in [5.41, 5.74) is 5.01. The summed E-state index contributed by atoms with van der Waals surface area (Å²) in [7, 11) is -2.51. The summed E-state index contributed by atoms with van der Waals surface area (Å²) >= 11 is 0. The zero-order valence-electron chi connectivity index (χ0n) is 17.7. The van der Waals surface area contributed by atoms with Crippen LogP contribution in [0, 0.1) is 6.92 Å². The predicted molar refractivity (Wildman–Crippen MR) is 128 cm³/mol. The zero-order chi connectivity index (χ0) is 23.2. The molecule has 0 saturated heterocycles. The summed E-state index contributed by atoms with van der Waals surface area (Å²) in [6.45, 7) is 1.94. The van der Waals surface area contributed by atoms with Crippen molar-refractivity contribution in [3.05, 3.63) is 95.9 Å². The van der Waals surface area contributed by atoms with Crippen LogP contribution in [-0.2, 0) is 16.5 Å². The minimum absolute atomic E-state index is 0.0473. The number of nitrogens with one attached hydrogen (secondary N) is 2. The maximum Gasteiger partial charge on any atom is 0.255 e. The van der Waals surface area contributed by atoms with Gasteiger partial charge in [0.05, 0.1) is 11.4 Å². The van der Waals surface area contributed by atoms with Crippen molar-refractivity contribution in [1.29, 1.82) is 0 Å². The van der Waals surface area contributed by atoms with Crippen LogP contribution >= 0.6 is 0 Å². The van der Waals surface area contributed by atoms with Crippen molar-refractivity contribution in [2.45, 2.75) is 12.7 Å². The second kappa shape index (κ2) is 10.0. The number of rotatable bonds is 7. The molecule has 0 radical (unpaired) electrons. The summed E-state index contributed by atoms with van der Waals surface area (Å²) in [6.07, 6.45) is 5.11. The van der Waals surface area contributed by atoms with Crippen LogP contribution in [0.1, 0.15) is 21.5 Å². The van der Waals surface area contributed by atoms with Gasteiger partial charge in [0.25, 0.3) is 5.91 Å². The highest BCUT2D eigenvalue weighted by Crippen LogP contribution is 2.24. The molecular formula is C24H21N5O3S. The van der Waals surface area contributed by atoms with Crippen LogP contribution in [0.15, 0.2) is 79.3 Å². The highest BCUT2D eigenvalue weighted by molar-refractivity contribution is 7.71. The number of anilines is 3. The summed E-state index contributed by atoms with van der Waals surface area (Å²) in [4.78, 5) is 25.6. The molecule has 2 aromatic heterocycles. The van der Waals surface area contributed by atoms with Crippen LogP contribution in [0.25, 0.3) is 11.3 Å². The Labute approximate surface area is 192 Å². The first kappa shape index (κ1) is 22.1. The first-order valence-corrected chi connectivity index (χ1v) is 11.5. The fraction of sp³-hybridized carbons (Fsp3) is 0.0833. The monoisotopic (exact) mass is 459 g/mol. The molecular weight excluding hydrogens is 438 g/mol.